The predicted octanol–water partition coefficient (Wildman–Crippen LogP) is 4.86. The highest BCUT2D eigenvalue weighted by atomic mass is 35.5. The minimum atomic E-state index is -0.576. The molecule has 2 N–H and O–H groups in total. The molecule has 142 valence electrons. The minimum absolute atomic E-state index is 0.0200. The molecular formula is C20H15ClFN3O2S. The topological polar surface area (TPSA) is 71.1 Å². The lowest BCUT2D eigenvalue weighted by atomic mass is 10.2. The summed E-state index contributed by atoms with van der Waals surface area (Å²) in [5.74, 6) is -0.662. The van der Waals surface area contributed by atoms with Crippen LogP contribution in [0.15, 0.2) is 71.8 Å². The van der Waals surface area contributed by atoms with E-state index in [4.69, 9.17) is 11.6 Å². The van der Waals surface area contributed by atoms with E-state index in [9.17, 15) is 14.0 Å². The molecule has 0 aliphatic heterocycles. The number of hydrogen-bond acceptors (Lipinski definition) is 4. The fourth-order valence-electron chi connectivity index (χ4n) is 2.26. The molecule has 0 spiro atoms. The van der Waals surface area contributed by atoms with Crippen LogP contribution in [-0.2, 0) is 4.79 Å². The summed E-state index contributed by atoms with van der Waals surface area (Å²) in [4.78, 5) is 28.9. The van der Waals surface area contributed by atoms with Crippen LogP contribution in [0, 0.1) is 5.82 Å². The highest BCUT2D eigenvalue weighted by molar-refractivity contribution is 8.00. The first-order valence-electron chi connectivity index (χ1n) is 8.21. The van der Waals surface area contributed by atoms with Crippen molar-refractivity contribution in [3.63, 3.8) is 0 Å². The van der Waals surface area contributed by atoms with Crippen LogP contribution in [-0.4, -0.2) is 22.6 Å². The van der Waals surface area contributed by atoms with E-state index in [0.29, 0.717) is 16.5 Å². The van der Waals surface area contributed by atoms with Gasteiger partial charge in [0, 0.05) is 16.8 Å². The fraction of sp³-hybridized carbons (Fsp3) is 0.0500. The van der Waals surface area contributed by atoms with Crippen molar-refractivity contribution in [2.75, 3.05) is 16.4 Å². The number of nitrogens with zero attached hydrogens (tertiary/aromatic N) is 1. The van der Waals surface area contributed by atoms with Gasteiger partial charge in [-0.05, 0) is 48.5 Å². The number of carbonyl (C=O) groups excluding carboxylic acids is 2. The molecule has 1 heterocycles. The van der Waals surface area contributed by atoms with E-state index in [0.717, 1.165) is 4.90 Å². The summed E-state index contributed by atoms with van der Waals surface area (Å²) < 4.78 is 13.6. The zero-order chi connectivity index (χ0) is 19.9. The number of carbonyl (C=O) groups is 2. The predicted molar refractivity (Wildman–Crippen MR) is 109 cm³/mol. The maximum atomic E-state index is 13.6. The summed E-state index contributed by atoms with van der Waals surface area (Å²) in [6.07, 6.45) is 1.46. The van der Waals surface area contributed by atoms with Crippen molar-refractivity contribution in [1.29, 1.82) is 0 Å². The lowest BCUT2D eigenvalue weighted by molar-refractivity contribution is -0.113. The maximum Gasteiger partial charge on any atom is 0.258 e. The van der Waals surface area contributed by atoms with Gasteiger partial charge >= 0.3 is 0 Å². The molecular weight excluding hydrogens is 401 g/mol. The molecule has 3 rings (SSSR count). The van der Waals surface area contributed by atoms with E-state index in [2.05, 4.69) is 15.6 Å². The largest absolute Gasteiger partial charge is 0.322 e. The van der Waals surface area contributed by atoms with Gasteiger partial charge in [-0.25, -0.2) is 9.37 Å². The van der Waals surface area contributed by atoms with Crippen LogP contribution in [0.5, 0.6) is 0 Å². The van der Waals surface area contributed by atoms with Crippen LogP contribution in [0.2, 0.25) is 5.02 Å². The fourth-order valence-corrected chi connectivity index (χ4v) is 3.07. The Balaban J connectivity index is 1.51. The molecule has 5 nitrogen and oxygen atoms in total. The second kappa shape index (κ2) is 9.34. The number of nitrogens with one attached hydrogen (secondary N) is 2. The van der Waals surface area contributed by atoms with Gasteiger partial charge < -0.3 is 10.6 Å². The molecule has 0 fully saturated rings. The highest BCUT2D eigenvalue weighted by Crippen LogP contribution is 2.21. The van der Waals surface area contributed by atoms with E-state index < -0.39 is 11.7 Å². The molecule has 0 radical (unpaired) electrons. The smallest absolute Gasteiger partial charge is 0.258 e. The molecule has 0 unspecified atom stereocenters. The van der Waals surface area contributed by atoms with Crippen LogP contribution >= 0.6 is 23.4 Å². The molecule has 0 bridgehead atoms. The molecule has 8 heteroatoms. The van der Waals surface area contributed by atoms with Crippen molar-refractivity contribution in [1.82, 2.24) is 4.98 Å². The van der Waals surface area contributed by atoms with Crippen molar-refractivity contribution >= 4 is 46.7 Å². The van der Waals surface area contributed by atoms with Crippen LogP contribution < -0.4 is 10.6 Å². The number of pyridine rings is 1. The molecule has 2 aromatic carbocycles. The van der Waals surface area contributed by atoms with Crippen LogP contribution in [0.3, 0.4) is 0 Å². The summed E-state index contributed by atoms with van der Waals surface area (Å²) in [7, 11) is 0. The third kappa shape index (κ3) is 5.55. The summed E-state index contributed by atoms with van der Waals surface area (Å²) in [6.45, 7) is 0. The molecule has 0 saturated heterocycles. The number of aromatic nitrogens is 1. The van der Waals surface area contributed by atoms with Crippen molar-refractivity contribution in [3.8, 4) is 0 Å². The number of hydrogen-bond donors (Lipinski definition) is 2. The Hall–Kier alpha value is -2.90. The number of halogens is 2. The van der Waals surface area contributed by atoms with E-state index in [1.807, 2.05) is 0 Å². The van der Waals surface area contributed by atoms with Gasteiger partial charge in [0.2, 0.25) is 5.91 Å². The zero-order valence-corrected chi connectivity index (χ0v) is 16.1. The molecule has 2 amide bonds. The Kier molecular flexibility index (Phi) is 6.62. The van der Waals surface area contributed by atoms with Crippen LogP contribution in [0.25, 0.3) is 0 Å². The monoisotopic (exact) mass is 415 g/mol. The number of benzene rings is 2. The van der Waals surface area contributed by atoms with Crippen LogP contribution in [0.1, 0.15) is 10.4 Å². The second-order valence-corrected chi connectivity index (χ2v) is 7.14. The highest BCUT2D eigenvalue weighted by Gasteiger charge is 2.11. The van der Waals surface area contributed by atoms with Gasteiger partial charge in [0.15, 0.2) is 0 Å². The SMILES string of the molecule is O=C(CSc1ccc(NC(=O)c2ccccc2F)cc1)Nc1ccc(Cl)cn1. The quantitative estimate of drug-likeness (QED) is 0.564. The second-order valence-electron chi connectivity index (χ2n) is 5.66. The van der Waals surface area contributed by atoms with Gasteiger partial charge in [-0.2, -0.15) is 0 Å². The van der Waals surface area contributed by atoms with Crippen molar-refractivity contribution in [2.24, 2.45) is 0 Å². The number of thioether (sulfide) groups is 1. The summed E-state index contributed by atoms with van der Waals surface area (Å²) >= 11 is 7.09. The van der Waals surface area contributed by atoms with Crippen molar-refractivity contribution < 1.29 is 14.0 Å². The first-order valence-corrected chi connectivity index (χ1v) is 9.58. The Morgan fingerprint density at radius 3 is 2.43 bits per heavy atom. The van der Waals surface area contributed by atoms with Crippen molar-refractivity contribution in [3.05, 3.63) is 83.3 Å². The van der Waals surface area contributed by atoms with Gasteiger partial charge in [0.1, 0.15) is 11.6 Å². The average molecular weight is 416 g/mol. The Morgan fingerprint density at radius 1 is 1.00 bits per heavy atom. The molecule has 0 aliphatic rings. The Labute approximate surface area is 170 Å². The Morgan fingerprint density at radius 2 is 1.75 bits per heavy atom. The number of anilines is 2. The molecule has 0 saturated carbocycles. The van der Waals surface area contributed by atoms with E-state index in [-0.39, 0.29) is 17.2 Å². The summed E-state index contributed by atoms with van der Waals surface area (Å²) in [6, 6.07) is 16.0. The van der Waals surface area contributed by atoms with E-state index >= 15 is 0 Å². The van der Waals surface area contributed by atoms with E-state index in [1.165, 1.54) is 36.2 Å². The normalized spacial score (nSPS) is 10.4. The molecule has 1 aromatic heterocycles. The number of amides is 2. The summed E-state index contributed by atoms with van der Waals surface area (Å²) in [5.41, 5.74) is 0.515. The average Bonchev–Trinajstić information content (AvgIpc) is 2.69. The third-order valence-corrected chi connectivity index (χ3v) is 4.83. The number of rotatable bonds is 6. The van der Waals surface area contributed by atoms with Gasteiger partial charge in [-0.15, -0.1) is 11.8 Å². The van der Waals surface area contributed by atoms with Gasteiger partial charge in [-0.3, -0.25) is 9.59 Å². The maximum absolute atomic E-state index is 13.6. The zero-order valence-electron chi connectivity index (χ0n) is 14.5. The summed E-state index contributed by atoms with van der Waals surface area (Å²) in [5, 5.41) is 5.82. The lowest BCUT2D eigenvalue weighted by Crippen LogP contribution is -2.15. The first kappa shape index (κ1) is 19.9. The van der Waals surface area contributed by atoms with Crippen LogP contribution in [0.4, 0.5) is 15.9 Å². The Bertz CT molecular complexity index is 982. The minimum Gasteiger partial charge on any atom is -0.322 e. The lowest BCUT2D eigenvalue weighted by Gasteiger charge is -2.07. The van der Waals surface area contributed by atoms with Gasteiger partial charge in [-0.1, -0.05) is 23.7 Å². The molecule has 0 aliphatic carbocycles. The molecule has 0 atom stereocenters. The molecule has 28 heavy (non-hydrogen) atoms. The molecule has 3 aromatic rings. The van der Waals surface area contributed by atoms with Gasteiger partial charge in [0.25, 0.3) is 5.91 Å². The standard InChI is InChI=1S/C20H15ClFN3O2S/c21-13-5-10-18(23-11-13)25-19(26)12-28-15-8-6-14(7-9-15)24-20(27)16-3-1-2-4-17(16)22/h1-11H,12H2,(H,24,27)(H,23,25,26). The van der Waals surface area contributed by atoms with E-state index in [1.54, 1.807) is 42.5 Å². The van der Waals surface area contributed by atoms with Gasteiger partial charge in [0.05, 0.1) is 16.3 Å². The first-order chi connectivity index (χ1) is 13.5. The third-order valence-electron chi connectivity index (χ3n) is 3.60. The van der Waals surface area contributed by atoms with Crippen molar-refractivity contribution in [2.45, 2.75) is 4.90 Å².